The summed E-state index contributed by atoms with van der Waals surface area (Å²) in [6.45, 7) is 26.8. The van der Waals surface area contributed by atoms with Crippen LogP contribution in [0, 0.1) is 0 Å². The number of fused-ring (bicyclic) bond motifs is 6. The topological polar surface area (TPSA) is 182 Å². The molecule has 0 radical (unpaired) electrons. The Morgan fingerprint density at radius 3 is 0.927 bits per heavy atom. The summed E-state index contributed by atoms with van der Waals surface area (Å²) in [4.78, 5) is 85.5. The minimum absolute atomic E-state index is 0.130. The second kappa shape index (κ2) is 26.3. The van der Waals surface area contributed by atoms with Crippen LogP contribution in [0.4, 0.5) is 11.4 Å². The zero-order valence-corrected chi connectivity index (χ0v) is 57.1. The summed E-state index contributed by atoms with van der Waals surface area (Å²) in [6, 6.07) is 40.8. The van der Waals surface area contributed by atoms with Crippen molar-refractivity contribution in [1.29, 1.82) is 0 Å². The lowest BCUT2D eigenvalue weighted by Gasteiger charge is -2.29. The molecule has 10 bridgehead atoms. The van der Waals surface area contributed by atoms with Gasteiger partial charge >= 0.3 is 0 Å². The average Bonchev–Trinajstić information content (AvgIpc) is 0.763. The van der Waals surface area contributed by atoms with E-state index in [4.69, 9.17) is 28.4 Å². The van der Waals surface area contributed by atoms with Crippen molar-refractivity contribution in [1.82, 2.24) is 0 Å². The Balaban J connectivity index is 1.04. The fourth-order valence-corrected chi connectivity index (χ4v) is 13.2. The Bertz CT molecular complexity index is 4110. The fraction of sp³-hybridized carbons (Fsp3) is 0.341. The highest BCUT2D eigenvalue weighted by molar-refractivity contribution is 6.31. The van der Waals surface area contributed by atoms with E-state index < -0.39 is 25.0 Å². The molecule has 2 amide bonds. The van der Waals surface area contributed by atoms with E-state index in [-0.39, 0.29) is 142 Å². The second-order valence-corrected chi connectivity index (χ2v) is 29.7. The average molecular weight is 1290 g/mol. The molecule has 8 aromatic rings. The molecule has 0 saturated heterocycles. The Morgan fingerprint density at radius 1 is 0.354 bits per heavy atom. The molecule has 0 atom stereocenters. The second-order valence-electron chi connectivity index (χ2n) is 29.7. The molecule has 12 rings (SSSR count). The summed E-state index contributed by atoms with van der Waals surface area (Å²) < 4.78 is 40.7. The molecule has 8 aromatic carbocycles. The minimum Gasteiger partial charge on any atom is -0.491 e. The van der Waals surface area contributed by atoms with E-state index >= 15 is 0 Å². The molecule has 1 heterocycles. The van der Waals surface area contributed by atoms with Crippen LogP contribution in [0.5, 0.6) is 23.0 Å². The Kier molecular flexibility index (Phi) is 18.2. The van der Waals surface area contributed by atoms with Gasteiger partial charge in [-0.2, -0.15) is 0 Å². The first-order chi connectivity index (χ1) is 45.6. The van der Waals surface area contributed by atoms with Gasteiger partial charge in [0.05, 0.1) is 48.9 Å². The number of carbonyl (C=O) groups excluding carboxylic acids is 6. The number of carbonyl (C=O) groups is 6. The van der Waals surface area contributed by atoms with Gasteiger partial charge in [-0.25, -0.2) is 0 Å². The normalized spacial score (nSPS) is 15.0. The maximum atomic E-state index is 14.7. The quantitative estimate of drug-likeness (QED) is 0.147. The molecular formula is C82H84N2O12. The first-order valence-corrected chi connectivity index (χ1v) is 33.1. The molecule has 0 spiro atoms. The number of anilines is 2. The number of ether oxygens (including phenoxy) is 6. The number of benzene rings is 8. The first-order valence-electron chi connectivity index (χ1n) is 33.1. The number of nitrogens with one attached hydrogen (secondary N) is 2. The lowest BCUT2D eigenvalue weighted by molar-refractivity contribution is -0.118. The summed E-state index contributed by atoms with van der Waals surface area (Å²) in [7, 11) is 0. The van der Waals surface area contributed by atoms with Gasteiger partial charge in [-0.3, -0.25) is 28.8 Å². The minimum atomic E-state index is -0.531. The lowest BCUT2D eigenvalue weighted by atomic mass is 9.79. The molecule has 0 aromatic heterocycles. The third kappa shape index (κ3) is 13.7. The van der Waals surface area contributed by atoms with Gasteiger partial charge in [-0.1, -0.05) is 204 Å². The number of hydrogen-bond donors (Lipinski definition) is 2. The number of amides is 2. The van der Waals surface area contributed by atoms with Crippen LogP contribution in [0.15, 0.2) is 133 Å². The van der Waals surface area contributed by atoms with Crippen LogP contribution in [-0.2, 0) is 66.4 Å². The molecule has 1 aliphatic heterocycles. The molecule has 2 N–H and O–H groups in total. The highest BCUT2D eigenvalue weighted by atomic mass is 16.6. The van der Waals surface area contributed by atoms with Gasteiger partial charge in [0.2, 0.25) is 0 Å². The zero-order chi connectivity index (χ0) is 68.2. The summed E-state index contributed by atoms with van der Waals surface area (Å²) in [5.74, 6) is -0.108. The molecule has 0 fully saturated rings. The Hall–Kier alpha value is -9.50. The van der Waals surface area contributed by atoms with Gasteiger partial charge < -0.3 is 39.1 Å². The van der Waals surface area contributed by atoms with Crippen molar-refractivity contribution in [2.75, 3.05) is 63.5 Å². The number of hydrogen-bond acceptors (Lipinski definition) is 12. The molecule has 3 aliphatic carbocycles. The van der Waals surface area contributed by atoms with E-state index in [0.717, 1.165) is 66.8 Å². The SMILES string of the molecule is CC(C)(C)c1cc2c3c(c1)Cc1cc(C(C)(C)C)cc(c1OCC(=O)Nc1cccc4c1C(=O)c1ccccc1C4=O)Cc1cc(C(C)(C)C)cc(c1OCCOCCOCCO3)Cc1cc(C(C)(C)C)cc(c1OCC(=O)Nc1cccc3c1C(=O)c1ccccc1C3=O)C2. The van der Waals surface area contributed by atoms with Gasteiger partial charge in [-0.15, -0.1) is 0 Å². The van der Waals surface area contributed by atoms with E-state index in [0.29, 0.717) is 47.3 Å². The van der Waals surface area contributed by atoms with Crippen LogP contribution < -0.4 is 29.6 Å². The monoisotopic (exact) mass is 1290 g/mol. The summed E-state index contributed by atoms with van der Waals surface area (Å²) in [5.41, 5.74) is 11.5. The van der Waals surface area contributed by atoms with Crippen molar-refractivity contribution in [2.24, 2.45) is 0 Å². The largest absolute Gasteiger partial charge is 0.491 e. The summed E-state index contributed by atoms with van der Waals surface area (Å²) >= 11 is 0. The van der Waals surface area contributed by atoms with Crippen LogP contribution in [0.1, 0.15) is 214 Å². The summed E-state index contributed by atoms with van der Waals surface area (Å²) in [5, 5.41) is 5.95. The van der Waals surface area contributed by atoms with Crippen molar-refractivity contribution >= 4 is 46.3 Å². The lowest BCUT2D eigenvalue weighted by Crippen LogP contribution is -2.26. The third-order valence-corrected chi connectivity index (χ3v) is 18.4. The van der Waals surface area contributed by atoms with E-state index in [1.54, 1.807) is 84.9 Å². The molecule has 14 heteroatoms. The van der Waals surface area contributed by atoms with Crippen LogP contribution in [0.2, 0.25) is 0 Å². The molecule has 96 heavy (non-hydrogen) atoms. The standard InChI is InChI=1S/C82H84N2O12/c1-79(2,3)55-37-47-33-51-41-57(81(7,8)9)43-53(77(51)95-45-67(85)83-65-25-17-23-63-69(65)73(89)61-21-15-13-19-59(61)71(63)87)35-49-39-56(80(4,5)6)40-50-36-54-44-58(82(10,11)12)42-52(34-48(38-55)75(47)93-31-29-91-27-28-92-30-32-94-76(49)50)78(54)96-46-68(86)84-66-26-18-24-64-70(66)74(90)62-22-16-14-20-60(62)72(64)88/h13-26,37-44H,27-36,45-46H2,1-12H3,(H,83,85)(H,84,86). The van der Waals surface area contributed by atoms with Crippen molar-refractivity contribution in [2.45, 2.75) is 130 Å². The fourth-order valence-electron chi connectivity index (χ4n) is 13.2. The van der Waals surface area contributed by atoms with E-state index in [2.05, 4.69) is 142 Å². The molecule has 494 valence electrons. The molecule has 0 unspecified atom stereocenters. The highest BCUT2D eigenvalue weighted by Crippen LogP contribution is 2.45. The van der Waals surface area contributed by atoms with Crippen LogP contribution >= 0.6 is 0 Å². The predicted molar refractivity (Wildman–Crippen MR) is 372 cm³/mol. The van der Waals surface area contributed by atoms with Gasteiger partial charge in [0.1, 0.15) is 36.2 Å². The van der Waals surface area contributed by atoms with Crippen molar-refractivity contribution in [3.63, 3.8) is 0 Å². The van der Waals surface area contributed by atoms with Gasteiger partial charge in [0, 0.05) is 59.1 Å². The van der Waals surface area contributed by atoms with Crippen LogP contribution in [-0.4, -0.2) is 87.8 Å². The van der Waals surface area contributed by atoms with Crippen LogP contribution in [0.3, 0.4) is 0 Å². The Labute approximate surface area is 562 Å². The van der Waals surface area contributed by atoms with Crippen molar-refractivity contribution in [3.8, 4) is 23.0 Å². The highest BCUT2D eigenvalue weighted by Gasteiger charge is 2.36. The van der Waals surface area contributed by atoms with Gasteiger partial charge in [0.15, 0.2) is 36.3 Å². The molecule has 4 aliphatic rings. The maximum absolute atomic E-state index is 14.7. The number of rotatable bonds is 8. The third-order valence-electron chi connectivity index (χ3n) is 18.4. The molecule has 14 nitrogen and oxygen atoms in total. The predicted octanol–water partition coefficient (Wildman–Crippen LogP) is 14.9. The molecular weight excluding hydrogens is 1200 g/mol. The smallest absolute Gasteiger partial charge is 0.262 e. The first kappa shape index (κ1) is 66.5. The summed E-state index contributed by atoms with van der Waals surface area (Å²) in [6.07, 6.45) is 1.14. The molecule has 0 saturated carbocycles. The van der Waals surface area contributed by atoms with Crippen molar-refractivity contribution < 1.29 is 57.2 Å². The maximum Gasteiger partial charge on any atom is 0.262 e. The van der Waals surface area contributed by atoms with Gasteiger partial charge in [-0.05, 0) is 101 Å². The Morgan fingerprint density at radius 2 is 0.625 bits per heavy atom. The van der Waals surface area contributed by atoms with Crippen molar-refractivity contribution in [3.05, 3.63) is 245 Å². The zero-order valence-electron chi connectivity index (χ0n) is 57.1. The van der Waals surface area contributed by atoms with Gasteiger partial charge in [0.25, 0.3) is 11.8 Å². The van der Waals surface area contributed by atoms with E-state index in [1.165, 1.54) is 0 Å². The number of ketones is 4. The van der Waals surface area contributed by atoms with Crippen LogP contribution in [0.25, 0.3) is 0 Å². The van der Waals surface area contributed by atoms with E-state index in [9.17, 15) is 28.8 Å². The van der Waals surface area contributed by atoms with E-state index in [1.807, 2.05) is 0 Å².